The number of hydrogen-bond donors (Lipinski definition) is 0. The van der Waals surface area contributed by atoms with Gasteiger partial charge in [0, 0.05) is 0 Å². The smallest absolute Gasteiger partial charge is 0.393 e. The predicted octanol–water partition coefficient (Wildman–Crippen LogP) is 3.85. The van der Waals surface area contributed by atoms with Crippen molar-refractivity contribution in [3.05, 3.63) is 35.4 Å². The molecule has 0 saturated carbocycles. The minimum atomic E-state index is -4.31. The third-order valence-electron chi connectivity index (χ3n) is 2.03. The van der Waals surface area contributed by atoms with Crippen molar-refractivity contribution in [3.8, 4) is 0 Å². The molecule has 0 radical (unpaired) electrons. The van der Waals surface area contributed by atoms with Gasteiger partial charge in [-0.2, -0.15) is 13.2 Å². The Bertz CT molecular complexity index is 393. The molecule has 0 heterocycles. The summed E-state index contributed by atoms with van der Waals surface area (Å²) >= 11 is 0. The topological polar surface area (TPSA) is 21.6 Å². The highest BCUT2D eigenvalue weighted by molar-refractivity contribution is 5.98. The molecule has 0 amide bonds. The summed E-state index contributed by atoms with van der Waals surface area (Å²) in [7, 11) is 0. The molecule has 0 bridgehead atoms. The van der Waals surface area contributed by atoms with E-state index in [0.717, 1.165) is 12.1 Å². The van der Waals surface area contributed by atoms with Crippen LogP contribution in [0, 0.1) is 0 Å². The maximum Gasteiger partial charge on any atom is 0.416 e. The molecule has 0 unspecified atom stereocenters. The highest BCUT2D eigenvalue weighted by Gasteiger charge is 2.29. The van der Waals surface area contributed by atoms with Crippen molar-refractivity contribution in [3.63, 3.8) is 0 Å². The summed E-state index contributed by atoms with van der Waals surface area (Å²) in [5.74, 6) is 0. The Morgan fingerprint density at radius 1 is 1.18 bits per heavy atom. The Morgan fingerprint density at radius 2 is 1.71 bits per heavy atom. The van der Waals surface area contributed by atoms with Gasteiger partial charge >= 0.3 is 6.18 Å². The third-order valence-corrected chi connectivity index (χ3v) is 2.03. The summed E-state index contributed by atoms with van der Waals surface area (Å²) in [6.45, 7) is 5.33. The molecule has 2 nitrogen and oxygen atoms in total. The van der Waals surface area contributed by atoms with Gasteiger partial charge in [-0.05, 0) is 38.5 Å². The summed E-state index contributed by atoms with van der Waals surface area (Å²) in [4.78, 5) is 5.02. The van der Waals surface area contributed by atoms with Gasteiger partial charge in [-0.15, -0.1) is 0 Å². The fourth-order valence-electron chi connectivity index (χ4n) is 1.14. The van der Waals surface area contributed by atoms with Crippen LogP contribution in [0.5, 0.6) is 0 Å². The van der Waals surface area contributed by atoms with Crippen LogP contribution < -0.4 is 0 Å². The molecule has 1 aromatic rings. The van der Waals surface area contributed by atoms with Crippen molar-refractivity contribution in [2.24, 2.45) is 5.16 Å². The monoisotopic (exact) mass is 245 g/mol. The number of rotatable bonds is 3. The van der Waals surface area contributed by atoms with E-state index in [4.69, 9.17) is 4.84 Å². The minimum absolute atomic E-state index is 0.0561. The molecule has 1 aromatic carbocycles. The molecule has 94 valence electrons. The normalized spacial score (nSPS) is 13.0. The van der Waals surface area contributed by atoms with Gasteiger partial charge in [-0.1, -0.05) is 17.3 Å². The Kier molecular flexibility index (Phi) is 4.15. The number of halogens is 3. The molecule has 0 aliphatic carbocycles. The first-order valence-corrected chi connectivity index (χ1v) is 5.18. The quantitative estimate of drug-likeness (QED) is 0.585. The van der Waals surface area contributed by atoms with Crippen molar-refractivity contribution in [2.75, 3.05) is 0 Å². The summed E-state index contributed by atoms with van der Waals surface area (Å²) < 4.78 is 37.0. The first-order valence-electron chi connectivity index (χ1n) is 5.18. The van der Waals surface area contributed by atoms with E-state index in [9.17, 15) is 13.2 Å². The highest BCUT2D eigenvalue weighted by atomic mass is 19.4. The van der Waals surface area contributed by atoms with Crippen LogP contribution in [-0.2, 0) is 11.0 Å². The Labute approximate surface area is 98.1 Å². The van der Waals surface area contributed by atoms with Crippen LogP contribution in [0.2, 0.25) is 0 Å². The van der Waals surface area contributed by atoms with E-state index in [-0.39, 0.29) is 6.10 Å². The van der Waals surface area contributed by atoms with Gasteiger partial charge < -0.3 is 4.84 Å². The lowest BCUT2D eigenvalue weighted by Gasteiger charge is -2.08. The molecule has 17 heavy (non-hydrogen) atoms. The van der Waals surface area contributed by atoms with Crippen LogP contribution in [0.4, 0.5) is 13.2 Å². The number of nitrogens with zero attached hydrogens (tertiary/aromatic N) is 1. The summed E-state index contributed by atoms with van der Waals surface area (Å²) in [6.07, 6.45) is -4.36. The van der Waals surface area contributed by atoms with E-state index in [0.29, 0.717) is 11.3 Å². The Morgan fingerprint density at radius 3 is 2.12 bits per heavy atom. The zero-order valence-electron chi connectivity index (χ0n) is 9.88. The van der Waals surface area contributed by atoms with Crippen molar-refractivity contribution in [2.45, 2.75) is 33.1 Å². The van der Waals surface area contributed by atoms with Crippen molar-refractivity contribution < 1.29 is 18.0 Å². The van der Waals surface area contributed by atoms with E-state index >= 15 is 0 Å². The first-order chi connectivity index (χ1) is 7.80. The average Bonchev–Trinajstić information content (AvgIpc) is 2.25. The number of hydrogen-bond acceptors (Lipinski definition) is 2. The molecule has 1 rings (SSSR count). The SMILES string of the molecule is C/C(=N\OC(C)C)c1ccc(C(F)(F)F)cc1. The zero-order valence-corrected chi connectivity index (χ0v) is 9.88. The van der Waals surface area contributed by atoms with Crippen LogP contribution >= 0.6 is 0 Å². The molecule has 0 N–H and O–H groups in total. The average molecular weight is 245 g/mol. The van der Waals surface area contributed by atoms with Gasteiger partial charge in [-0.3, -0.25) is 0 Å². The van der Waals surface area contributed by atoms with E-state index in [1.54, 1.807) is 6.92 Å². The molecule has 0 aliphatic rings. The molecule has 0 atom stereocenters. The molecule has 5 heteroatoms. The van der Waals surface area contributed by atoms with E-state index in [1.165, 1.54) is 12.1 Å². The van der Waals surface area contributed by atoms with Crippen molar-refractivity contribution in [1.82, 2.24) is 0 Å². The molecular weight excluding hydrogens is 231 g/mol. The fraction of sp³-hybridized carbons (Fsp3) is 0.417. The third kappa shape index (κ3) is 4.09. The standard InChI is InChI=1S/C12H14F3NO/c1-8(2)17-16-9(3)10-4-6-11(7-5-10)12(13,14)15/h4-8H,1-3H3/b16-9+. The number of alkyl halides is 3. The molecular formula is C12H14F3NO. The van der Waals surface area contributed by atoms with Gasteiger partial charge in [0.25, 0.3) is 0 Å². The minimum Gasteiger partial charge on any atom is -0.393 e. The summed E-state index contributed by atoms with van der Waals surface area (Å²) in [5.41, 5.74) is 0.491. The second kappa shape index (κ2) is 5.21. The number of oxime groups is 1. The molecule has 0 aromatic heterocycles. The lowest BCUT2D eigenvalue weighted by Crippen LogP contribution is -2.06. The van der Waals surface area contributed by atoms with Crippen LogP contribution in [0.25, 0.3) is 0 Å². The van der Waals surface area contributed by atoms with E-state index in [1.807, 2.05) is 13.8 Å². The van der Waals surface area contributed by atoms with Gasteiger partial charge in [0.15, 0.2) is 0 Å². The van der Waals surface area contributed by atoms with E-state index < -0.39 is 11.7 Å². The van der Waals surface area contributed by atoms with Gasteiger partial charge in [-0.25, -0.2) is 0 Å². The van der Waals surface area contributed by atoms with Crippen molar-refractivity contribution in [1.29, 1.82) is 0 Å². The lowest BCUT2D eigenvalue weighted by molar-refractivity contribution is -0.137. The second-order valence-electron chi connectivity index (χ2n) is 3.91. The van der Waals surface area contributed by atoms with E-state index in [2.05, 4.69) is 5.16 Å². The van der Waals surface area contributed by atoms with Crippen molar-refractivity contribution >= 4 is 5.71 Å². The van der Waals surface area contributed by atoms with Gasteiger partial charge in [0.2, 0.25) is 0 Å². The highest BCUT2D eigenvalue weighted by Crippen LogP contribution is 2.29. The van der Waals surface area contributed by atoms with Gasteiger partial charge in [0.05, 0.1) is 11.3 Å². The summed E-state index contributed by atoms with van der Waals surface area (Å²) in [6, 6.07) is 4.82. The van der Waals surface area contributed by atoms with Crippen LogP contribution in [0.3, 0.4) is 0 Å². The molecule has 0 spiro atoms. The molecule has 0 aliphatic heterocycles. The zero-order chi connectivity index (χ0) is 13.1. The lowest BCUT2D eigenvalue weighted by atomic mass is 10.1. The predicted molar refractivity (Wildman–Crippen MR) is 59.9 cm³/mol. The number of benzene rings is 1. The largest absolute Gasteiger partial charge is 0.416 e. The van der Waals surface area contributed by atoms with Crippen LogP contribution in [0.15, 0.2) is 29.4 Å². The fourth-order valence-corrected chi connectivity index (χ4v) is 1.14. The maximum absolute atomic E-state index is 12.3. The Balaban J connectivity index is 2.84. The second-order valence-corrected chi connectivity index (χ2v) is 3.91. The van der Waals surface area contributed by atoms with Gasteiger partial charge in [0.1, 0.15) is 6.10 Å². The Hall–Kier alpha value is -1.52. The summed E-state index contributed by atoms with van der Waals surface area (Å²) in [5, 5.41) is 3.82. The molecule has 0 saturated heterocycles. The van der Waals surface area contributed by atoms with Crippen LogP contribution in [0.1, 0.15) is 31.9 Å². The van der Waals surface area contributed by atoms with Crippen LogP contribution in [-0.4, -0.2) is 11.8 Å². The molecule has 0 fully saturated rings. The first kappa shape index (κ1) is 13.5. The maximum atomic E-state index is 12.3.